The zero-order valence-corrected chi connectivity index (χ0v) is 16.8. The molecule has 0 aromatic heterocycles. The van der Waals surface area contributed by atoms with Crippen LogP contribution in [0, 0.1) is 0 Å². The molecule has 1 atom stereocenters. The molecule has 1 unspecified atom stereocenters. The van der Waals surface area contributed by atoms with E-state index in [1.54, 1.807) is 25.1 Å². The SMILES string of the molecule is COc1ccc(N(C(=O)CCl)C(C)C(=O)NCCc2ccccc2)cc1Cl. The number of carbonyl (C=O) groups is 2. The van der Waals surface area contributed by atoms with Crippen molar-refractivity contribution >= 4 is 40.7 Å². The van der Waals surface area contributed by atoms with Gasteiger partial charge in [-0.1, -0.05) is 41.9 Å². The van der Waals surface area contributed by atoms with Crippen LogP contribution in [0.25, 0.3) is 0 Å². The molecule has 0 aliphatic carbocycles. The number of hydrogen-bond acceptors (Lipinski definition) is 3. The van der Waals surface area contributed by atoms with Crippen molar-refractivity contribution in [1.82, 2.24) is 5.32 Å². The van der Waals surface area contributed by atoms with E-state index < -0.39 is 6.04 Å². The van der Waals surface area contributed by atoms with Gasteiger partial charge in [0.2, 0.25) is 11.8 Å². The molecule has 0 spiro atoms. The summed E-state index contributed by atoms with van der Waals surface area (Å²) in [6.07, 6.45) is 0.705. The average molecular weight is 409 g/mol. The molecule has 2 aromatic rings. The number of nitrogens with one attached hydrogen (secondary N) is 1. The summed E-state index contributed by atoms with van der Waals surface area (Å²) < 4.78 is 5.13. The molecule has 0 aliphatic heterocycles. The molecule has 0 saturated heterocycles. The van der Waals surface area contributed by atoms with Gasteiger partial charge in [0.25, 0.3) is 0 Å². The Morgan fingerprint density at radius 2 is 1.89 bits per heavy atom. The quantitative estimate of drug-likeness (QED) is 0.677. The van der Waals surface area contributed by atoms with Crippen molar-refractivity contribution in [1.29, 1.82) is 0 Å². The fourth-order valence-corrected chi connectivity index (χ4v) is 3.07. The molecule has 2 amide bonds. The lowest BCUT2D eigenvalue weighted by atomic mass is 10.1. The second kappa shape index (κ2) is 10.2. The average Bonchev–Trinajstić information content (AvgIpc) is 2.68. The number of ether oxygens (including phenoxy) is 1. The fourth-order valence-electron chi connectivity index (χ4n) is 2.69. The van der Waals surface area contributed by atoms with Crippen LogP contribution in [-0.2, 0) is 16.0 Å². The minimum atomic E-state index is -0.739. The topological polar surface area (TPSA) is 58.6 Å². The number of methoxy groups -OCH3 is 1. The van der Waals surface area contributed by atoms with Crippen LogP contribution in [0.1, 0.15) is 12.5 Å². The van der Waals surface area contributed by atoms with Gasteiger partial charge in [0.1, 0.15) is 17.7 Å². The summed E-state index contributed by atoms with van der Waals surface area (Å²) in [5.41, 5.74) is 1.61. The van der Waals surface area contributed by atoms with Gasteiger partial charge in [0.05, 0.1) is 12.1 Å². The van der Waals surface area contributed by atoms with Gasteiger partial charge < -0.3 is 10.1 Å². The van der Waals surface area contributed by atoms with E-state index >= 15 is 0 Å². The van der Waals surface area contributed by atoms with E-state index in [0.717, 1.165) is 5.56 Å². The summed E-state index contributed by atoms with van der Waals surface area (Å²) in [7, 11) is 1.51. The first kappa shape index (κ1) is 21.1. The molecule has 0 saturated carbocycles. The highest BCUT2D eigenvalue weighted by atomic mass is 35.5. The molecule has 7 heteroatoms. The van der Waals surface area contributed by atoms with Crippen LogP contribution in [-0.4, -0.2) is 37.4 Å². The third-order valence-corrected chi connectivity index (χ3v) is 4.64. The standard InChI is InChI=1S/C20H22Cl2N2O3/c1-14(20(26)23-11-10-15-6-4-3-5-7-15)24(19(25)13-21)16-8-9-18(27-2)17(22)12-16/h3-9,12,14H,10-11,13H2,1-2H3,(H,23,26). The number of alkyl halides is 1. The first-order chi connectivity index (χ1) is 13.0. The lowest BCUT2D eigenvalue weighted by Crippen LogP contribution is -2.49. The maximum Gasteiger partial charge on any atom is 0.242 e. The van der Waals surface area contributed by atoms with Crippen molar-refractivity contribution in [3.8, 4) is 5.75 Å². The van der Waals surface area contributed by atoms with Crippen LogP contribution in [0.2, 0.25) is 5.02 Å². The van der Waals surface area contributed by atoms with Crippen LogP contribution in [0.3, 0.4) is 0 Å². The number of halogens is 2. The van der Waals surface area contributed by atoms with E-state index in [4.69, 9.17) is 27.9 Å². The van der Waals surface area contributed by atoms with Crippen LogP contribution >= 0.6 is 23.2 Å². The number of carbonyl (C=O) groups excluding carboxylic acids is 2. The van der Waals surface area contributed by atoms with Gasteiger partial charge in [0.15, 0.2) is 0 Å². The van der Waals surface area contributed by atoms with Crippen LogP contribution in [0.5, 0.6) is 5.75 Å². The molecule has 2 rings (SSSR count). The summed E-state index contributed by atoms with van der Waals surface area (Å²) in [6, 6.07) is 14.0. The zero-order valence-electron chi connectivity index (χ0n) is 15.2. The minimum absolute atomic E-state index is 0.245. The second-order valence-electron chi connectivity index (χ2n) is 5.92. The number of anilines is 1. The Bertz CT molecular complexity index is 784. The van der Waals surface area contributed by atoms with Crippen molar-refractivity contribution < 1.29 is 14.3 Å². The predicted octanol–water partition coefficient (Wildman–Crippen LogP) is 3.67. The number of rotatable bonds is 8. The third-order valence-electron chi connectivity index (χ3n) is 4.12. The molecule has 1 N–H and O–H groups in total. The summed E-state index contributed by atoms with van der Waals surface area (Å²) in [4.78, 5) is 26.3. The maximum atomic E-state index is 12.6. The van der Waals surface area contributed by atoms with Crippen molar-refractivity contribution in [2.75, 3.05) is 24.4 Å². The van der Waals surface area contributed by atoms with E-state index in [0.29, 0.717) is 29.4 Å². The smallest absolute Gasteiger partial charge is 0.242 e. The Kier molecular flexibility index (Phi) is 7.95. The van der Waals surface area contributed by atoms with Crippen LogP contribution < -0.4 is 15.0 Å². The molecule has 5 nitrogen and oxygen atoms in total. The maximum absolute atomic E-state index is 12.6. The molecule has 0 radical (unpaired) electrons. The van der Waals surface area contributed by atoms with E-state index in [-0.39, 0.29) is 17.7 Å². The molecule has 0 aliphatic rings. The summed E-state index contributed by atoms with van der Waals surface area (Å²) >= 11 is 11.9. The highest BCUT2D eigenvalue weighted by Crippen LogP contribution is 2.30. The van der Waals surface area contributed by atoms with Crippen molar-refractivity contribution in [3.05, 3.63) is 59.1 Å². The number of hydrogen-bond donors (Lipinski definition) is 1. The normalized spacial score (nSPS) is 11.6. The van der Waals surface area contributed by atoms with Gasteiger partial charge >= 0.3 is 0 Å². The van der Waals surface area contributed by atoms with Gasteiger partial charge in [-0.2, -0.15) is 0 Å². The molecule has 0 fully saturated rings. The van der Waals surface area contributed by atoms with Crippen molar-refractivity contribution in [3.63, 3.8) is 0 Å². The summed E-state index contributed by atoms with van der Waals surface area (Å²) in [5, 5.41) is 3.21. The molecule has 27 heavy (non-hydrogen) atoms. The highest BCUT2D eigenvalue weighted by Gasteiger charge is 2.27. The van der Waals surface area contributed by atoms with Gasteiger partial charge in [-0.3, -0.25) is 14.5 Å². The third kappa shape index (κ3) is 5.62. The molecular weight excluding hydrogens is 387 g/mol. The lowest BCUT2D eigenvalue weighted by Gasteiger charge is -2.28. The van der Waals surface area contributed by atoms with Crippen LogP contribution in [0.15, 0.2) is 48.5 Å². The predicted molar refractivity (Wildman–Crippen MR) is 109 cm³/mol. The summed E-state index contributed by atoms with van der Waals surface area (Å²) in [5.74, 6) is -0.413. The highest BCUT2D eigenvalue weighted by molar-refractivity contribution is 6.33. The van der Waals surface area contributed by atoms with E-state index in [2.05, 4.69) is 5.32 Å². The van der Waals surface area contributed by atoms with Crippen molar-refractivity contribution in [2.45, 2.75) is 19.4 Å². The van der Waals surface area contributed by atoms with Gasteiger partial charge in [-0.15, -0.1) is 11.6 Å². The fraction of sp³-hybridized carbons (Fsp3) is 0.300. The Labute approximate surface area is 169 Å². The zero-order chi connectivity index (χ0) is 19.8. The Morgan fingerprint density at radius 1 is 1.19 bits per heavy atom. The summed E-state index contributed by atoms with van der Waals surface area (Å²) in [6.45, 7) is 2.12. The second-order valence-corrected chi connectivity index (χ2v) is 6.59. The molecule has 2 aromatic carbocycles. The Morgan fingerprint density at radius 3 is 2.48 bits per heavy atom. The first-order valence-corrected chi connectivity index (χ1v) is 9.42. The van der Waals surface area contributed by atoms with E-state index in [1.165, 1.54) is 12.0 Å². The Hall–Kier alpha value is -2.24. The van der Waals surface area contributed by atoms with E-state index in [9.17, 15) is 9.59 Å². The number of amides is 2. The number of nitrogens with zero attached hydrogens (tertiary/aromatic N) is 1. The largest absolute Gasteiger partial charge is 0.495 e. The molecule has 144 valence electrons. The van der Waals surface area contributed by atoms with Crippen LogP contribution in [0.4, 0.5) is 5.69 Å². The molecular formula is C20H22Cl2N2O3. The van der Waals surface area contributed by atoms with Gasteiger partial charge in [0, 0.05) is 12.2 Å². The van der Waals surface area contributed by atoms with Gasteiger partial charge in [-0.25, -0.2) is 0 Å². The Balaban J connectivity index is 2.09. The minimum Gasteiger partial charge on any atom is -0.495 e. The van der Waals surface area contributed by atoms with Crippen molar-refractivity contribution in [2.24, 2.45) is 0 Å². The van der Waals surface area contributed by atoms with Gasteiger partial charge in [-0.05, 0) is 37.1 Å². The molecule has 0 bridgehead atoms. The lowest BCUT2D eigenvalue weighted by molar-refractivity contribution is -0.125. The molecule has 0 heterocycles. The van der Waals surface area contributed by atoms with E-state index in [1.807, 2.05) is 30.3 Å². The monoisotopic (exact) mass is 408 g/mol. The first-order valence-electron chi connectivity index (χ1n) is 8.51. The number of benzene rings is 2.